The number of anilines is 1. The fourth-order valence-electron chi connectivity index (χ4n) is 6.76. The van der Waals surface area contributed by atoms with Crippen LogP contribution in [0.25, 0.3) is 0 Å². The molecule has 1 aromatic carbocycles. The smallest absolute Gasteiger partial charge is 0.407 e. The number of aromatic nitrogens is 2. The lowest BCUT2D eigenvalue weighted by atomic mass is 9.71. The van der Waals surface area contributed by atoms with Crippen LogP contribution < -0.4 is 9.64 Å². The van der Waals surface area contributed by atoms with E-state index < -0.39 is 11.9 Å². The van der Waals surface area contributed by atoms with Crippen molar-refractivity contribution in [3.63, 3.8) is 0 Å². The highest BCUT2D eigenvalue weighted by molar-refractivity contribution is 5.97. The molecular weight excluding hydrogens is 527 g/mol. The normalized spacial score (nSPS) is 20.5. The first-order chi connectivity index (χ1) is 19.5. The second-order valence-corrected chi connectivity index (χ2v) is 12.4. The molecule has 1 unspecified atom stereocenters. The molecule has 1 N–H and O–H groups in total. The van der Waals surface area contributed by atoms with E-state index in [4.69, 9.17) is 4.74 Å². The molecular formula is C30H41FN6O4. The Morgan fingerprint density at radius 2 is 1.83 bits per heavy atom. The van der Waals surface area contributed by atoms with Crippen LogP contribution in [-0.2, 0) is 0 Å². The quantitative estimate of drug-likeness (QED) is 0.494. The van der Waals surface area contributed by atoms with Crippen molar-refractivity contribution in [3.8, 4) is 11.5 Å². The molecule has 5 rings (SSSR count). The first kappa shape index (κ1) is 29.0. The number of carboxylic acid groups (broad SMARTS) is 1. The molecule has 4 heterocycles. The highest BCUT2D eigenvalue weighted by atomic mass is 19.1. The zero-order valence-electron chi connectivity index (χ0n) is 24.4. The summed E-state index contributed by atoms with van der Waals surface area (Å²) in [5.74, 6) is 1.06. The molecule has 1 spiro atoms. The van der Waals surface area contributed by atoms with Crippen LogP contribution in [0.2, 0.25) is 0 Å². The van der Waals surface area contributed by atoms with E-state index in [0.29, 0.717) is 30.6 Å². The minimum atomic E-state index is -0.814. The van der Waals surface area contributed by atoms with Gasteiger partial charge in [0.1, 0.15) is 17.9 Å². The number of benzene rings is 1. The second-order valence-electron chi connectivity index (χ2n) is 12.4. The number of likely N-dealkylation sites (tertiary alicyclic amines) is 2. The number of hydrogen-bond acceptors (Lipinski definition) is 7. The Morgan fingerprint density at radius 3 is 2.49 bits per heavy atom. The number of piperidine rings is 1. The predicted octanol–water partition coefficient (Wildman–Crippen LogP) is 4.57. The molecule has 0 radical (unpaired) electrons. The van der Waals surface area contributed by atoms with E-state index in [-0.39, 0.29) is 34.7 Å². The average Bonchev–Trinajstić information content (AvgIpc) is 3.37. The number of hydrogen-bond donors (Lipinski definition) is 1. The third-order valence-corrected chi connectivity index (χ3v) is 8.71. The van der Waals surface area contributed by atoms with Crippen molar-refractivity contribution in [2.75, 3.05) is 50.7 Å². The molecule has 2 aromatic rings. The summed E-state index contributed by atoms with van der Waals surface area (Å²) in [5, 5.41) is 9.23. The number of amides is 2. The van der Waals surface area contributed by atoms with Crippen molar-refractivity contribution in [1.82, 2.24) is 24.7 Å². The SMILES string of the molecule is CC(C)N(C(=O)c1cc(F)ccc1Oc1cncnc1N1CCC(CN2CC3(CCN(C(=O)O)CC3)C2)C1)C(C)C. The van der Waals surface area contributed by atoms with Gasteiger partial charge in [-0.05, 0) is 76.5 Å². The van der Waals surface area contributed by atoms with Crippen LogP contribution in [0.5, 0.6) is 11.5 Å². The molecule has 0 saturated carbocycles. The number of carbonyl (C=O) groups excluding carboxylic acids is 1. The first-order valence-corrected chi connectivity index (χ1v) is 14.6. The summed E-state index contributed by atoms with van der Waals surface area (Å²) in [6, 6.07) is 3.90. The molecule has 3 aliphatic heterocycles. The predicted molar refractivity (Wildman–Crippen MR) is 153 cm³/mol. The standard InChI is InChI=1S/C30H41FN6O4/c1-20(2)37(21(3)4)28(38)24-13-23(31)5-6-25(24)41-26-14-32-19-33-27(26)36-10-7-22(16-36)15-34-17-30(18-34)8-11-35(12-9-30)29(39)40/h5-6,13-14,19-22H,7-12,15-18H2,1-4H3,(H,39,40). The van der Waals surface area contributed by atoms with Gasteiger partial charge in [0, 0.05) is 57.9 Å². The van der Waals surface area contributed by atoms with Crippen molar-refractivity contribution in [3.05, 3.63) is 42.1 Å². The van der Waals surface area contributed by atoms with Gasteiger partial charge in [0.25, 0.3) is 5.91 Å². The Morgan fingerprint density at radius 1 is 1.12 bits per heavy atom. The summed E-state index contributed by atoms with van der Waals surface area (Å²) in [6.07, 6.45) is 5.18. The number of halogens is 1. The van der Waals surface area contributed by atoms with Gasteiger partial charge in [-0.1, -0.05) is 0 Å². The van der Waals surface area contributed by atoms with E-state index in [1.54, 1.807) is 11.1 Å². The van der Waals surface area contributed by atoms with Crippen LogP contribution in [0.3, 0.4) is 0 Å². The van der Waals surface area contributed by atoms with E-state index in [1.165, 1.54) is 29.4 Å². The lowest BCUT2D eigenvalue weighted by Gasteiger charge is -2.54. The molecule has 3 fully saturated rings. The van der Waals surface area contributed by atoms with Crippen molar-refractivity contribution >= 4 is 17.8 Å². The summed E-state index contributed by atoms with van der Waals surface area (Å²) in [7, 11) is 0. The van der Waals surface area contributed by atoms with Gasteiger partial charge < -0.3 is 29.4 Å². The minimum Gasteiger partial charge on any atom is -0.465 e. The largest absolute Gasteiger partial charge is 0.465 e. The maximum Gasteiger partial charge on any atom is 0.407 e. The molecule has 0 aliphatic carbocycles. The Bertz CT molecular complexity index is 1250. The third kappa shape index (κ3) is 6.24. The second kappa shape index (κ2) is 11.8. The van der Waals surface area contributed by atoms with Gasteiger partial charge in [-0.3, -0.25) is 4.79 Å². The van der Waals surface area contributed by atoms with Crippen LogP contribution in [0, 0.1) is 17.2 Å². The van der Waals surface area contributed by atoms with Crippen LogP contribution in [-0.4, -0.2) is 99.7 Å². The van der Waals surface area contributed by atoms with E-state index >= 15 is 0 Å². The van der Waals surface area contributed by atoms with E-state index in [9.17, 15) is 19.1 Å². The number of ether oxygens (including phenoxy) is 1. The number of rotatable bonds is 8. The van der Waals surface area contributed by atoms with Crippen molar-refractivity contribution < 1.29 is 23.8 Å². The number of nitrogens with zero attached hydrogens (tertiary/aromatic N) is 6. The molecule has 3 saturated heterocycles. The molecule has 10 nitrogen and oxygen atoms in total. The lowest BCUT2D eigenvalue weighted by Crippen LogP contribution is -2.61. The summed E-state index contributed by atoms with van der Waals surface area (Å²) >= 11 is 0. The molecule has 222 valence electrons. The van der Waals surface area contributed by atoms with Gasteiger partial charge in [-0.2, -0.15) is 0 Å². The highest BCUT2D eigenvalue weighted by Crippen LogP contribution is 2.42. The van der Waals surface area contributed by atoms with Crippen LogP contribution in [0.4, 0.5) is 15.0 Å². The molecule has 2 amide bonds. The summed E-state index contributed by atoms with van der Waals surface area (Å²) in [4.78, 5) is 41.3. The average molecular weight is 569 g/mol. The molecule has 3 aliphatic rings. The molecule has 1 aromatic heterocycles. The Labute approximate surface area is 241 Å². The van der Waals surface area contributed by atoms with E-state index in [2.05, 4.69) is 19.8 Å². The topological polar surface area (TPSA) is 102 Å². The van der Waals surface area contributed by atoms with E-state index in [0.717, 1.165) is 52.0 Å². The van der Waals surface area contributed by atoms with Gasteiger partial charge in [0.05, 0.1) is 11.8 Å². The molecule has 11 heteroatoms. The van der Waals surface area contributed by atoms with Gasteiger partial charge >= 0.3 is 6.09 Å². The Kier molecular flexibility index (Phi) is 8.35. The third-order valence-electron chi connectivity index (χ3n) is 8.71. The number of carbonyl (C=O) groups is 2. The maximum absolute atomic E-state index is 14.3. The van der Waals surface area contributed by atoms with Gasteiger partial charge in [-0.15, -0.1) is 0 Å². The summed E-state index contributed by atoms with van der Waals surface area (Å²) in [5.41, 5.74) is 0.436. The van der Waals surface area contributed by atoms with Crippen LogP contribution in [0.15, 0.2) is 30.7 Å². The zero-order valence-corrected chi connectivity index (χ0v) is 24.4. The fraction of sp³-hybridized carbons (Fsp3) is 0.600. The highest BCUT2D eigenvalue weighted by Gasteiger charge is 2.46. The van der Waals surface area contributed by atoms with Crippen molar-refractivity contribution in [1.29, 1.82) is 0 Å². The zero-order chi connectivity index (χ0) is 29.3. The Hall–Kier alpha value is -3.47. The maximum atomic E-state index is 14.3. The summed E-state index contributed by atoms with van der Waals surface area (Å²) < 4.78 is 20.5. The summed E-state index contributed by atoms with van der Waals surface area (Å²) in [6.45, 7) is 13.7. The van der Waals surface area contributed by atoms with Crippen LogP contribution >= 0.6 is 0 Å². The lowest BCUT2D eigenvalue weighted by molar-refractivity contribution is -0.0482. The molecule has 41 heavy (non-hydrogen) atoms. The van der Waals surface area contributed by atoms with Gasteiger partial charge in [0.15, 0.2) is 11.6 Å². The monoisotopic (exact) mass is 568 g/mol. The first-order valence-electron chi connectivity index (χ1n) is 14.6. The van der Waals surface area contributed by atoms with Crippen molar-refractivity contribution in [2.24, 2.45) is 11.3 Å². The molecule has 1 atom stereocenters. The van der Waals surface area contributed by atoms with E-state index in [1.807, 2.05) is 27.7 Å². The van der Waals surface area contributed by atoms with Gasteiger partial charge in [-0.25, -0.2) is 19.2 Å². The molecule has 0 bridgehead atoms. The van der Waals surface area contributed by atoms with Crippen LogP contribution in [0.1, 0.15) is 57.3 Å². The minimum absolute atomic E-state index is 0.0605. The van der Waals surface area contributed by atoms with Crippen molar-refractivity contribution in [2.45, 2.75) is 59.0 Å². The van der Waals surface area contributed by atoms with Gasteiger partial charge in [0.2, 0.25) is 0 Å². The Balaban J connectivity index is 1.23. The fourth-order valence-corrected chi connectivity index (χ4v) is 6.76.